The Labute approximate surface area is 102 Å². The third kappa shape index (κ3) is 3.18. The van der Waals surface area contributed by atoms with E-state index in [-0.39, 0.29) is 0 Å². The van der Waals surface area contributed by atoms with Crippen LogP contribution in [0.25, 0.3) is 0 Å². The highest BCUT2D eigenvalue weighted by atomic mass is 16.6. The Morgan fingerprint density at radius 3 is 2.12 bits per heavy atom. The zero-order valence-electron chi connectivity index (χ0n) is 9.84. The zero-order valence-corrected chi connectivity index (χ0v) is 9.84. The molecule has 0 saturated heterocycles. The van der Waals surface area contributed by atoms with Gasteiger partial charge in [0.2, 0.25) is 0 Å². The summed E-state index contributed by atoms with van der Waals surface area (Å²) < 4.78 is 0. The van der Waals surface area contributed by atoms with E-state index in [4.69, 9.17) is 4.84 Å². The fourth-order valence-corrected chi connectivity index (χ4v) is 1.72. The number of oxime groups is 1. The van der Waals surface area contributed by atoms with E-state index in [9.17, 15) is 0 Å². The van der Waals surface area contributed by atoms with Crippen molar-refractivity contribution in [2.45, 2.75) is 6.42 Å². The molecule has 0 atom stereocenters. The lowest BCUT2D eigenvalue weighted by atomic mass is 10.0. The number of rotatable bonds is 4. The largest absolute Gasteiger partial charge is 0.399 e. The van der Waals surface area contributed by atoms with Gasteiger partial charge in [-0.3, -0.25) is 0 Å². The fraction of sp³-hybridized carbons (Fsp3) is 0.133. The number of hydrogen-bond acceptors (Lipinski definition) is 2. The van der Waals surface area contributed by atoms with E-state index >= 15 is 0 Å². The highest BCUT2D eigenvalue weighted by Gasteiger charge is 2.05. The standard InChI is InChI=1S/C15H15NO/c1-17-16-15(14-10-6-3-7-11-14)12-13-8-4-2-5-9-13/h2-11H,12H2,1H3/b16-15-. The molecule has 0 fully saturated rings. The molecule has 0 bridgehead atoms. The van der Waals surface area contributed by atoms with E-state index in [1.165, 1.54) is 5.56 Å². The molecule has 86 valence electrons. The van der Waals surface area contributed by atoms with E-state index in [0.29, 0.717) is 0 Å². The Morgan fingerprint density at radius 2 is 1.53 bits per heavy atom. The Hall–Kier alpha value is -2.09. The molecule has 0 spiro atoms. The summed E-state index contributed by atoms with van der Waals surface area (Å²) in [5, 5.41) is 4.11. The van der Waals surface area contributed by atoms with Crippen LogP contribution in [-0.2, 0) is 11.3 Å². The van der Waals surface area contributed by atoms with Gasteiger partial charge in [-0.25, -0.2) is 0 Å². The molecule has 2 rings (SSSR count). The Bertz CT molecular complexity index is 477. The molecule has 2 nitrogen and oxygen atoms in total. The molecular formula is C15H15NO. The van der Waals surface area contributed by atoms with Crippen molar-refractivity contribution in [1.82, 2.24) is 0 Å². The quantitative estimate of drug-likeness (QED) is 0.578. The molecule has 0 heterocycles. The van der Waals surface area contributed by atoms with Crippen molar-refractivity contribution in [3.63, 3.8) is 0 Å². The van der Waals surface area contributed by atoms with E-state index < -0.39 is 0 Å². The van der Waals surface area contributed by atoms with Crippen LogP contribution >= 0.6 is 0 Å². The average Bonchev–Trinajstić information content (AvgIpc) is 2.40. The molecule has 0 radical (unpaired) electrons. The van der Waals surface area contributed by atoms with E-state index in [2.05, 4.69) is 17.3 Å². The number of hydrogen-bond donors (Lipinski definition) is 0. The van der Waals surface area contributed by atoms with Crippen molar-refractivity contribution in [1.29, 1.82) is 0 Å². The lowest BCUT2D eigenvalue weighted by Crippen LogP contribution is -2.05. The van der Waals surface area contributed by atoms with Gasteiger partial charge in [-0.2, -0.15) is 0 Å². The van der Waals surface area contributed by atoms with Gasteiger partial charge in [-0.05, 0) is 11.1 Å². The maximum atomic E-state index is 4.92. The third-order valence-corrected chi connectivity index (χ3v) is 2.52. The first-order chi connectivity index (χ1) is 8.40. The van der Waals surface area contributed by atoms with Crippen LogP contribution in [0.3, 0.4) is 0 Å². The lowest BCUT2D eigenvalue weighted by molar-refractivity contribution is 0.213. The van der Waals surface area contributed by atoms with Gasteiger partial charge in [-0.1, -0.05) is 65.8 Å². The molecule has 0 amide bonds. The first kappa shape index (κ1) is 11.4. The SMILES string of the molecule is CO/N=C(/Cc1ccccc1)c1ccccc1. The Balaban J connectivity index is 2.23. The minimum absolute atomic E-state index is 0.776. The normalized spacial score (nSPS) is 11.2. The van der Waals surface area contributed by atoms with Gasteiger partial charge < -0.3 is 4.84 Å². The predicted octanol–water partition coefficient (Wildman–Crippen LogP) is 3.28. The first-order valence-electron chi connectivity index (χ1n) is 5.59. The lowest BCUT2D eigenvalue weighted by Gasteiger charge is -2.05. The van der Waals surface area contributed by atoms with Crippen molar-refractivity contribution in [2.24, 2.45) is 5.16 Å². The van der Waals surface area contributed by atoms with Crippen molar-refractivity contribution in [3.8, 4) is 0 Å². The molecule has 0 aliphatic carbocycles. The summed E-state index contributed by atoms with van der Waals surface area (Å²) in [6, 6.07) is 20.4. The smallest absolute Gasteiger partial charge is 0.106 e. The summed E-state index contributed by atoms with van der Waals surface area (Å²) in [7, 11) is 1.58. The highest BCUT2D eigenvalue weighted by Crippen LogP contribution is 2.08. The fourth-order valence-electron chi connectivity index (χ4n) is 1.72. The molecule has 0 aromatic heterocycles. The minimum atomic E-state index is 0.776. The maximum absolute atomic E-state index is 4.92. The molecule has 0 aliphatic heterocycles. The molecule has 2 aromatic carbocycles. The Kier molecular flexibility index (Phi) is 3.92. The van der Waals surface area contributed by atoms with Crippen LogP contribution in [0.5, 0.6) is 0 Å². The monoisotopic (exact) mass is 225 g/mol. The van der Waals surface area contributed by atoms with Gasteiger partial charge in [0.25, 0.3) is 0 Å². The van der Waals surface area contributed by atoms with Crippen molar-refractivity contribution in [2.75, 3.05) is 7.11 Å². The molecular weight excluding hydrogens is 210 g/mol. The number of nitrogens with zero attached hydrogens (tertiary/aromatic N) is 1. The van der Waals surface area contributed by atoms with Gasteiger partial charge in [0, 0.05) is 6.42 Å². The summed E-state index contributed by atoms with van der Waals surface area (Å²) in [6.45, 7) is 0. The molecule has 0 saturated carbocycles. The minimum Gasteiger partial charge on any atom is -0.399 e. The van der Waals surface area contributed by atoms with Gasteiger partial charge in [-0.15, -0.1) is 0 Å². The van der Waals surface area contributed by atoms with Gasteiger partial charge in [0.1, 0.15) is 7.11 Å². The van der Waals surface area contributed by atoms with Crippen molar-refractivity contribution in [3.05, 3.63) is 71.8 Å². The van der Waals surface area contributed by atoms with E-state index in [1.807, 2.05) is 48.5 Å². The molecule has 2 heteroatoms. The summed E-state index contributed by atoms with van der Waals surface area (Å²) in [6.07, 6.45) is 0.776. The molecule has 0 aliphatic rings. The third-order valence-electron chi connectivity index (χ3n) is 2.52. The van der Waals surface area contributed by atoms with Crippen LogP contribution in [0.4, 0.5) is 0 Å². The Morgan fingerprint density at radius 1 is 0.941 bits per heavy atom. The molecule has 17 heavy (non-hydrogen) atoms. The second-order valence-corrected chi connectivity index (χ2v) is 3.75. The van der Waals surface area contributed by atoms with Gasteiger partial charge in [0.15, 0.2) is 0 Å². The molecule has 2 aromatic rings. The van der Waals surface area contributed by atoms with Crippen LogP contribution in [0.2, 0.25) is 0 Å². The van der Waals surface area contributed by atoms with Gasteiger partial charge in [0.05, 0.1) is 5.71 Å². The first-order valence-corrected chi connectivity index (χ1v) is 5.59. The predicted molar refractivity (Wildman–Crippen MR) is 70.1 cm³/mol. The molecule has 0 N–H and O–H groups in total. The summed E-state index contributed by atoms with van der Waals surface area (Å²) in [5.74, 6) is 0. The number of benzene rings is 2. The van der Waals surface area contributed by atoms with Crippen LogP contribution < -0.4 is 0 Å². The second-order valence-electron chi connectivity index (χ2n) is 3.75. The van der Waals surface area contributed by atoms with Crippen LogP contribution in [0, 0.1) is 0 Å². The van der Waals surface area contributed by atoms with E-state index in [1.54, 1.807) is 7.11 Å². The summed E-state index contributed by atoms with van der Waals surface area (Å²) in [4.78, 5) is 4.92. The maximum Gasteiger partial charge on any atom is 0.106 e. The van der Waals surface area contributed by atoms with Crippen molar-refractivity contribution >= 4 is 5.71 Å². The molecule has 0 unspecified atom stereocenters. The van der Waals surface area contributed by atoms with Crippen LogP contribution in [-0.4, -0.2) is 12.8 Å². The average molecular weight is 225 g/mol. The van der Waals surface area contributed by atoms with Crippen LogP contribution in [0.1, 0.15) is 11.1 Å². The van der Waals surface area contributed by atoms with E-state index in [0.717, 1.165) is 17.7 Å². The topological polar surface area (TPSA) is 21.6 Å². The van der Waals surface area contributed by atoms with Crippen molar-refractivity contribution < 1.29 is 4.84 Å². The zero-order chi connectivity index (χ0) is 11.9. The second kappa shape index (κ2) is 5.85. The van der Waals surface area contributed by atoms with Crippen LogP contribution in [0.15, 0.2) is 65.8 Å². The highest BCUT2D eigenvalue weighted by molar-refractivity contribution is 6.01. The summed E-state index contributed by atoms with van der Waals surface area (Å²) in [5.41, 5.74) is 3.27. The van der Waals surface area contributed by atoms with Gasteiger partial charge >= 0.3 is 0 Å². The summed E-state index contributed by atoms with van der Waals surface area (Å²) >= 11 is 0.